The minimum absolute atomic E-state index is 0.182. The third-order valence-corrected chi connectivity index (χ3v) is 8.63. The number of fused-ring (bicyclic) bond motifs is 1. The summed E-state index contributed by atoms with van der Waals surface area (Å²) in [4.78, 5) is 0. The number of allylic oxidation sites excluding steroid dienone is 6. The van der Waals surface area contributed by atoms with Gasteiger partial charge in [-0.3, -0.25) is 0 Å². The molecule has 2 unspecified atom stereocenters. The molecule has 0 saturated heterocycles. The summed E-state index contributed by atoms with van der Waals surface area (Å²) in [5.74, 6) is 3.58. The Balaban J connectivity index is 1.75. The van der Waals surface area contributed by atoms with Gasteiger partial charge in [-0.2, -0.15) is 0 Å². The minimum atomic E-state index is -0.182. The van der Waals surface area contributed by atoms with E-state index in [1.807, 2.05) is 0 Å². The van der Waals surface area contributed by atoms with E-state index in [-0.39, 0.29) is 6.10 Å². The summed E-state index contributed by atoms with van der Waals surface area (Å²) in [6.07, 6.45) is 18.8. The maximum Gasteiger partial charge on any atom is 0.0583 e. The van der Waals surface area contributed by atoms with Gasteiger partial charge in [0.25, 0.3) is 0 Å². The van der Waals surface area contributed by atoms with Crippen LogP contribution in [0.2, 0.25) is 0 Å². The van der Waals surface area contributed by atoms with Crippen LogP contribution < -0.4 is 0 Å². The zero-order valence-corrected chi connectivity index (χ0v) is 19.6. The van der Waals surface area contributed by atoms with Crippen LogP contribution in [0.5, 0.6) is 0 Å². The van der Waals surface area contributed by atoms with E-state index < -0.39 is 0 Å². The first-order valence-electron chi connectivity index (χ1n) is 12.2. The van der Waals surface area contributed by atoms with Crippen molar-refractivity contribution >= 4 is 0 Å². The number of aliphatic hydroxyl groups is 1. The fourth-order valence-electron chi connectivity index (χ4n) is 6.25. The minimum Gasteiger partial charge on any atom is -0.393 e. The van der Waals surface area contributed by atoms with Crippen molar-refractivity contribution in [1.29, 1.82) is 0 Å². The molecule has 0 aliphatic heterocycles. The van der Waals surface area contributed by atoms with Crippen LogP contribution >= 0.6 is 0 Å². The van der Waals surface area contributed by atoms with E-state index in [2.05, 4.69) is 65.5 Å². The molecule has 3 rings (SSSR count). The molecule has 6 atom stereocenters. The number of rotatable bonds is 5. The molecule has 1 nitrogen and oxygen atoms in total. The predicted octanol–water partition coefficient (Wildman–Crippen LogP) is 7.64. The summed E-state index contributed by atoms with van der Waals surface area (Å²) in [5, 5.41) is 10.0. The second kappa shape index (κ2) is 9.38. The van der Waals surface area contributed by atoms with Crippen molar-refractivity contribution in [3.8, 4) is 0 Å². The van der Waals surface area contributed by atoms with Gasteiger partial charge in [0.15, 0.2) is 0 Å². The highest BCUT2D eigenvalue weighted by Crippen LogP contribution is 2.59. The van der Waals surface area contributed by atoms with Crippen molar-refractivity contribution in [1.82, 2.24) is 0 Å². The van der Waals surface area contributed by atoms with Crippen LogP contribution in [0.15, 0.2) is 47.6 Å². The Morgan fingerprint density at radius 1 is 1.03 bits per heavy atom. The van der Waals surface area contributed by atoms with Crippen LogP contribution in [-0.2, 0) is 0 Å². The highest BCUT2D eigenvalue weighted by atomic mass is 16.3. The van der Waals surface area contributed by atoms with E-state index in [4.69, 9.17) is 0 Å². The van der Waals surface area contributed by atoms with Crippen molar-refractivity contribution in [2.24, 2.45) is 35.0 Å². The average Bonchev–Trinajstić information content (AvgIpc) is 3.04. The normalized spacial score (nSPS) is 38.2. The molecule has 3 aliphatic rings. The molecular formula is C28H44O. The fourth-order valence-corrected chi connectivity index (χ4v) is 6.25. The Kier molecular flexibility index (Phi) is 7.31. The molecule has 3 fully saturated rings. The molecule has 3 aliphatic carbocycles. The van der Waals surface area contributed by atoms with Crippen LogP contribution in [0.1, 0.15) is 86.0 Å². The number of hydrogen-bond acceptors (Lipinski definition) is 1. The van der Waals surface area contributed by atoms with Crippen LogP contribution in [0.3, 0.4) is 0 Å². The maximum atomic E-state index is 10.0. The van der Waals surface area contributed by atoms with Gasteiger partial charge in [0.2, 0.25) is 0 Å². The lowest BCUT2D eigenvalue weighted by atomic mass is 9.61. The van der Waals surface area contributed by atoms with Gasteiger partial charge in [-0.05, 0) is 91.9 Å². The first-order valence-corrected chi connectivity index (χ1v) is 12.2. The van der Waals surface area contributed by atoms with Crippen molar-refractivity contribution in [2.75, 3.05) is 0 Å². The van der Waals surface area contributed by atoms with Crippen molar-refractivity contribution < 1.29 is 5.11 Å². The van der Waals surface area contributed by atoms with Gasteiger partial charge in [-0.1, -0.05) is 76.6 Å². The van der Waals surface area contributed by atoms with Crippen LogP contribution in [0.4, 0.5) is 0 Å². The topological polar surface area (TPSA) is 20.2 Å². The van der Waals surface area contributed by atoms with Gasteiger partial charge in [0.05, 0.1) is 6.10 Å². The summed E-state index contributed by atoms with van der Waals surface area (Å²) < 4.78 is 0. The molecule has 0 amide bonds. The summed E-state index contributed by atoms with van der Waals surface area (Å²) in [6.45, 7) is 16.3. The molecular weight excluding hydrogens is 352 g/mol. The SMILES string of the molecule is C=C1CC[C@@H](O)C/C1=C/C=C1\CCC[C@@]2(C)C1CCC2[C@H](C)/C=C/[C@H](C)C(C)C. The van der Waals surface area contributed by atoms with E-state index in [1.165, 1.54) is 43.3 Å². The van der Waals surface area contributed by atoms with Crippen LogP contribution in [0.25, 0.3) is 0 Å². The third kappa shape index (κ3) is 4.98. The zero-order valence-electron chi connectivity index (χ0n) is 19.6. The van der Waals surface area contributed by atoms with Crippen molar-refractivity contribution in [3.05, 3.63) is 47.6 Å². The Bertz CT molecular complexity index is 678. The van der Waals surface area contributed by atoms with Crippen LogP contribution in [0, 0.1) is 35.0 Å². The van der Waals surface area contributed by atoms with Gasteiger partial charge < -0.3 is 5.11 Å². The highest BCUT2D eigenvalue weighted by Gasteiger charge is 2.50. The molecule has 1 N–H and O–H groups in total. The average molecular weight is 397 g/mol. The van der Waals surface area contributed by atoms with Gasteiger partial charge in [-0.25, -0.2) is 0 Å². The summed E-state index contributed by atoms with van der Waals surface area (Å²) in [5.41, 5.74) is 4.61. The monoisotopic (exact) mass is 396 g/mol. The Hall–Kier alpha value is -1.08. The molecule has 0 aromatic rings. The van der Waals surface area contributed by atoms with E-state index in [0.29, 0.717) is 17.3 Å². The molecule has 0 bridgehead atoms. The Morgan fingerprint density at radius 2 is 1.79 bits per heavy atom. The summed E-state index contributed by atoms with van der Waals surface area (Å²) in [6, 6.07) is 0. The first kappa shape index (κ1) is 22.6. The summed E-state index contributed by atoms with van der Waals surface area (Å²) in [7, 11) is 0. The molecule has 29 heavy (non-hydrogen) atoms. The molecule has 1 heteroatoms. The standard InChI is InChI=1S/C28H44O/c1-19(2)20(3)9-10-22(5)26-15-16-27-23(8-7-17-28(26,27)6)12-13-24-18-25(29)14-11-21(24)4/h9-10,12-13,19-20,22,25-27,29H,4,7-8,11,14-18H2,1-3,5-6H3/b10-9+,23-12+,24-13-/t20-,22+,25+,26?,27?,28+/m0/s1. The highest BCUT2D eigenvalue weighted by molar-refractivity contribution is 5.36. The zero-order chi connectivity index (χ0) is 21.2. The first-order chi connectivity index (χ1) is 13.7. The predicted molar refractivity (Wildman–Crippen MR) is 126 cm³/mol. The smallest absolute Gasteiger partial charge is 0.0583 e. The van der Waals surface area contributed by atoms with Crippen LogP contribution in [-0.4, -0.2) is 11.2 Å². The van der Waals surface area contributed by atoms with Crippen molar-refractivity contribution in [2.45, 2.75) is 92.1 Å². The van der Waals surface area contributed by atoms with Crippen molar-refractivity contribution in [3.63, 3.8) is 0 Å². The molecule has 0 spiro atoms. The maximum absolute atomic E-state index is 10.0. The largest absolute Gasteiger partial charge is 0.393 e. The second-order valence-corrected chi connectivity index (χ2v) is 10.9. The molecule has 3 saturated carbocycles. The molecule has 0 radical (unpaired) electrons. The van der Waals surface area contributed by atoms with Gasteiger partial charge >= 0.3 is 0 Å². The van der Waals surface area contributed by atoms with Gasteiger partial charge in [0, 0.05) is 0 Å². The van der Waals surface area contributed by atoms with Gasteiger partial charge in [0.1, 0.15) is 0 Å². The lowest BCUT2D eigenvalue weighted by molar-refractivity contribution is 0.112. The van der Waals surface area contributed by atoms with E-state index >= 15 is 0 Å². The second-order valence-electron chi connectivity index (χ2n) is 10.9. The van der Waals surface area contributed by atoms with E-state index in [9.17, 15) is 5.11 Å². The lowest BCUT2D eigenvalue weighted by Gasteiger charge is -2.44. The summed E-state index contributed by atoms with van der Waals surface area (Å²) >= 11 is 0. The quantitative estimate of drug-likeness (QED) is 0.473. The molecule has 162 valence electrons. The molecule has 0 aromatic heterocycles. The van der Waals surface area contributed by atoms with E-state index in [1.54, 1.807) is 5.57 Å². The molecule has 0 heterocycles. The fraction of sp³-hybridized carbons (Fsp3) is 0.714. The van der Waals surface area contributed by atoms with E-state index in [0.717, 1.165) is 37.0 Å². The molecule has 0 aromatic carbocycles. The lowest BCUT2D eigenvalue weighted by Crippen LogP contribution is -2.35. The Morgan fingerprint density at radius 3 is 2.52 bits per heavy atom. The Labute approximate surface area is 180 Å². The number of hydrogen-bond donors (Lipinski definition) is 1. The third-order valence-electron chi connectivity index (χ3n) is 8.63. The van der Waals surface area contributed by atoms with Gasteiger partial charge in [-0.15, -0.1) is 0 Å². The number of aliphatic hydroxyl groups excluding tert-OH is 1.